The van der Waals surface area contributed by atoms with Gasteiger partial charge in [-0.1, -0.05) is 29.8 Å². The molecule has 142 valence electrons. The van der Waals surface area contributed by atoms with Gasteiger partial charge in [-0.2, -0.15) is 5.10 Å². The number of fused-ring (bicyclic) bond motifs is 1. The van der Waals surface area contributed by atoms with Gasteiger partial charge in [-0.3, -0.25) is 9.69 Å². The molecular formula is C20H24ClN5O. The van der Waals surface area contributed by atoms with Gasteiger partial charge in [-0.25, -0.2) is 0 Å². The van der Waals surface area contributed by atoms with Crippen molar-refractivity contribution in [2.24, 2.45) is 0 Å². The summed E-state index contributed by atoms with van der Waals surface area (Å²) < 4.78 is 0. The zero-order chi connectivity index (χ0) is 18.6. The van der Waals surface area contributed by atoms with Crippen LogP contribution in [0.5, 0.6) is 0 Å². The van der Waals surface area contributed by atoms with E-state index in [2.05, 4.69) is 31.4 Å². The molecule has 1 N–H and O–H groups in total. The summed E-state index contributed by atoms with van der Waals surface area (Å²) in [7, 11) is 0. The van der Waals surface area contributed by atoms with Crippen molar-refractivity contribution in [3.05, 3.63) is 52.2 Å². The highest BCUT2D eigenvalue weighted by molar-refractivity contribution is 6.31. The molecule has 1 aliphatic carbocycles. The lowest BCUT2D eigenvalue weighted by Gasteiger charge is -2.34. The number of aryl methyl sites for hydroxylation is 2. The number of benzene rings is 1. The molecule has 1 fully saturated rings. The monoisotopic (exact) mass is 385 g/mol. The van der Waals surface area contributed by atoms with Crippen LogP contribution in [0.4, 0.5) is 5.82 Å². The fraction of sp³-hybridized carbons (Fsp3) is 0.450. The third-order valence-corrected chi connectivity index (χ3v) is 5.67. The quantitative estimate of drug-likeness (QED) is 0.853. The summed E-state index contributed by atoms with van der Waals surface area (Å²) in [5.74, 6) is 0.999. The number of aromatic nitrogens is 2. The first kappa shape index (κ1) is 18.2. The van der Waals surface area contributed by atoms with Crippen molar-refractivity contribution < 1.29 is 4.79 Å². The molecule has 0 unspecified atom stereocenters. The van der Waals surface area contributed by atoms with E-state index in [0.29, 0.717) is 18.1 Å². The Hall–Kier alpha value is -2.18. The van der Waals surface area contributed by atoms with Gasteiger partial charge in [0.15, 0.2) is 5.82 Å². The summed E-state index contributed by atoms with van der Waals surface area (Å²) in [6.45, 7) is 4.30. The first-order valence-corrected chi connectivity index (χ1v) is 9.90. The van der Waals surface area contributed by atoms with E-state index < -0.39 is 0 Å². The van der Waals surface area contributed by atoms with Crippen molar-refractivity contribution in [3.8, 4) is 0 Å². The predicted octanol–water partition coefficient (Wildman–Crippen LogP) is 2.06. The van der Waals surface area contributed by atoms with E-state index in [4.69, 9.17) is 11.6 Å². The summed E-state index contributed by atoms with van der Waals surface area (Å²) in [5.41, 5.74) is 3.45. The Kier molecular flexibility index (Phi) is 5.55. The SMILES string of the molecule is O=C(CN1CCN(c2cc3c(nn2)CCC3)CC1)NCc1ccccc1Cl. The number of piperazine rings is 1. The number of anilines is 1. The molecule has 0 atom stereocenters. The fourth-order valence-electron chi connectivity index (χ4n) is 3.70. The number of halogens is 1. The molecule has 4 rings (SSSR count). The van der Waals surface area contributed by atoms with Crippen LogP contribution in [0, 0.1) is 0 Å². The van der Waals surface area contributed by atoms with Crippen LogP contribution in [0.1, 0.15) is 23.2 Å². The van der Waals surface area contributed by atoms with Crippen LogP contribution in [0.3, 0.4) is 0 Å². The van der Waals surface area contributed by atoms with E-state index in [0.717, 1.165) is 56.1 Å². The number of nitrogens with zero attached hydrogens (tertiary/aromatic N) is 4. The van der Waals surface area contributed by atoms with Gasteiger partial charge in [0, 0.05) is 37.7 Å². The number of amides is 1. The maximum Gasteiger partial charge on any atom is 0.234 e. The molecule has 6 nitrogen and oxygen atoms in total. The van der Waals surface area contributed by atoms with Crippen molar-refractivity contribution in [1.29, 1.82) is 0 Å². The van der Waals surface area contributed by atoms with Crippen molar-refractivity contribution in [1.82, 2.24) is 20.4 Å². The van der Waals surface area contributed by atoms with E-state index in [1.165, 1.54) is 12.0 Å². The molecule has 1 aromatic heterocycles. The highest BCUT2D eigenvalue weighted by atomic mass is 35.5. The third kappa shape index (κ3) is 4.39. The van der Waals surface area contributed by atoms with Gasteiger partial charge >= 0.3 is 0 Å². The maximum absolute atomic E-state index is 12.2. The molecule has 2 heterocycles. The van der Waals surface area contributed by atoms with Crippen LogP contribution in [0.2, 0.25) is 5.02 Å². The Morgan fingerprint density at radius 3 is 2.74 bits per heavy atom. The lowest BCUT2D eigenvalue weighted by Crippen LogP contribution is -2.49. The van der Waals surface area contributed by atoms with Crippen molar-refractivity contribution in [2.75, 3.05) is 37.6 Å². The van der Waals surface area contributed by atoms with Crippen LogP contribution >= 0.6 is 11.6 Å². The average Bonchev–Trinajstić information content (AvgIpc) is 3.16. The zero-order valence-electron chi connectivity index (χ0n) is 15.3. The second-order valence-corrected chi connectivity index (χ2v) is 7.57. The summed E-state index contributed by atoms with van der Waals surface area (Å²) in [6.07, 6.45) is 3.35. The van der Waals surface area contributed by atoms with Crippen LogP contribution in [0.25, 0.3) is 0 Å². The molecule has 0 radical (unpaired) electrons. The van der Waals surface area contributed by atoms with E-state index >= 15 is 0 Å². The van der Waals surface area contributed by atoms with E-state index in [1.807, 2.05) is 24.3 Å². The van der Waals surface area contributed by atoms with Gasteiger partial charge in [-0.15, -0.1) is 5.10 Å². The molecule has 0 saturated carbocycles. The molecule has 1 aliphatic heterocycles. The molecular weight excluding hydrogens is 362 g/mol. The predicted molar refractivity (Wildman–Crippen MR) is 106 cm³/mol. The summed E-state index contributed by atoms with van der Waals surface area (Å²) in [6, 6.07) is 9.78. The van der Waals surface area contributed by atoms with Gasteiger partial charge in [0.05, 0.1) is 12.2 Å². The van der Waals surface area contributed by atoms with Crippen molar-refractivity contribution >= 4 is 23.3 Å². The van der Waals surface area contributed by atoms with Crippen LogP contribution < -0.4 is 10.2 Å². The Bertz CT molecular complexity index is 820. The first-order chi connectivity index (χ1) is 13.2. The number of carbonyl (C=O) groups is 1. The Morgan fingerprint density at radius 1 is 1.11 bits per heavy atom. The van der Waals surface area contributed by atoms with E-state index in [9.17, 15) is 4.79 Å². The highest BCUT2D eigenvalue weighted by Gasteiger charge is 2.22. The number of hydrogen-bond donors (Lipinski definition) is 1. The summed E-state index contributed by atoms with van der Waals surface area (Å²) in [5, 5.41) is 12.4. The molecule has 2 aromatic rings. The topological polar surface area (TPSA) is 61.4 Å². The summed E-state index contributed by atoms with van der Waals surface area (Å²) >= 11 is 6.13. The van der Waals surface area contributed by atoms with Gasteiger partial charge < -0.3 is 10.2 Å². The molecule has 0 spiro atoms. The minimum atomic E-state index is 0.0284. The van der Waals surface area contributed by atoms with Gasteiger partial charge in [0.2, 0.25) is 5.91 Å². The second kappa shape index (κ2) is 8.23. The Balaban J connectivity index is 1.24. The number of hydrogen-bond acceptors (Lipinski definition) is 5. The smallest absolute Gasteiger partial charge is 0.234 e. The normalized spacial score (nSPS) is 17.0. The van der Waals surface area contributed by atoms with Gasteiger partial charge in [0.1, 0.15) is 0 Å². The standard InChI is InChI=1S/C20H24ClN5O/c21-17-6-2-1-4-16(17)13-22-20(27)14-25-8-10-26(11-9-25)19-12-15-5-3-7-18(15)23-24-19/h1-2,4,6,12H,3,5,7-11,13-14H2,(H,22,27). The molecule has 7 heteroatoms. The number of carbonyl (C=O) groups excluding carboxylic acids is 1. The Labute approximate surface area is 164 Å². The van der Waals surface area contributed by atoms with E-state index in [-0.39, 0.29) is 5.91 Å². The molecule has 1 aromatic carbocycles. The summed E-state index contributed by atoms with van der Waals surface area (Å²) in [4.78, 5) is 16.7. The molecule has 1 saturated heterocycles. The highest BCUT2D eigenvalue weighted by Crippen LogP contribution is 2.23. The second-order valence-electron chi connectivity index (χ2n) is 7.16. The lowest BCUT2D eigenvalue weighted by molar-refractivity contribution is -0.122. The average molecular weight is 386 g/mol. The maximum atomic E-state index is 12.2. The van der Waals surface area contributed by atoms with Crippen LogP contribution in [0.15, 0.2) is 30.3 Å². The van der Waals surface area contributed by atoms with Gasteiger partial charge in [-0.05, 0) is 42.5 Å². The minimum absolute atomic E-state index is 0.0284. The van der Waals surface area contributed by atoms with Crippen molar-refractivity contribution in [3.63, 3.8) is 0 Å². The fourth-order valence-corrected chi connectivity index (χ4v) is 3.90. The molecule has 0 bridgehead atoms. The molecule has 27 heavy (non-hydrogen) atoms. The zero-order valence-corrected chi connectivity index (χ0v) is 16.1. The van der Waals surface area contributed by atoms with Crippen molar-refractivity contribution in [2.45, 2.75) is 25.8 Å². The lowest BCUT2D eigenvalue weighted by atomic mass is 10.2. The number of rotatable bonds is 5. The van der Waals surface area contributed by atoms with Crippen LogP contribution in [-0.2, 0) is 24.2 Å². The van der Waals surface area contributed by atoms with Gasteiger partial charge in [0.25, 0.3) is 0 Å². The Morgan fingerprint density at radius 2 is 1.93 bits per heavy atom. The van der Waals surface area contributed by atoms with E-state index in [1.54, 1.807) is 0 Å². The largest absolute Gasteiger partial charge is 0.353 e. The minimum Gasteiger partial charge on any atom is -0.353 e. The number of nitrogens with one attached hydrogen (secondary N) is 1. The van der Waals surface area contributed by atoms with Crippen LogP contribution in [-0.4, -0.2) is 53.7 Å². The molecule has 1 amide bonds. The molecule has 2 aliphatic rings. The third-order valence-electron chi connectivity index (χ3n) is 5.30. The first-order valence-electron chi connectivity index (χ1n) is 9.52.